The van der Waals surface area contributed by atoms with Crippen molar-refractivity contribution in [3.8, 4) is 6.07 Å². The van der Waals surface area contributed by atoms with Crippen molar-refractivity contribution in [1.82, 2.24) is 19.4 Å². The van der Waals surface area contributed by atoms with E-state index in [4.69, 9.17) is 4.74 Å². The molecule has 3 heterocycles. The second kappa shape index (κ2) is 8.48. The smallest absolute Gasteiger partial charge is 0.236 e. The first-order valence-corrected chi connectivity index (χ1v) is 10.5. The van der Waals surface area contributed by atoms with E-state index in [0.29, 0.717) is 38.5 Å². The predicted molar refractivity (Wildman–Crippen MR) is 117 cm³/mol. The molecular weight excluding hydrogens is 390 g/mol. The predicted octanol–water partition coefficient (Wildman–Crippen LogP) is 3.34. The van der Waals surface area contributed by atoms with E-state index in [-0.39, 0.29) is 17.1 Å². The van der Waals surface area contributed by atoms with Gasteiger partial charge in [-0.05, 0) is 17.0 Å². The molecule has 1 atom stereocenters. The average Bonchev–Trinajstić information content (AvgIpc) is 3.10. The lowest BCUT2D eigenvalue weighted by Gasteiger charge is -2.32. The molecule has 7 heteroatoms. The molecule has 4 rings (SSSR count). The van der Waals surface area contributed by atoms with Gasteiger partial charge in [-0.3, -0.25) is 4.79 Å². The van der Waals surface area contributed by atoms with E-state index < -0.39 is 5.92 Å². The zero-order valence-electron chi connectivity index (χ0n) is 18.2. The van der Waals surface area contributed by atoms with Crippen LogP contribution in [0.25, 0.3) is 11.0 Å². The van der Waals surface area contributed by atoms with Crippen molar-refractivity contribution < 1.29 is 9.53 Å². The standard InChI is InChI=1S/C24H27N5O2/c1-24(2,3)16-29-19(13-18-15-26-20(14-25)27-22(18)29)21(17-7-5-4-6-8-17)23(30)28-9-11-31-12-10-28/h4-8,13,15,21H,9-12,16H2,1-3H3. The summed E-state index contributed by atoms with van der Waals surface area (Å²) in [4.78, 5) is 24.3. The van der Waals surface area contributed by atoms with Crippen molar-refractivity contribution in [2.24, 2.45) is 5.41 Å². The molecular formula is C24H27N5O2. The highest BCUT2D eigenvalue weighted by molar-refractivity contribution is 5.89. The zero-order valence-corrected chi connectivity index (χ0v) is 18.2. The second-order valence-corrected chi connectivity index (χ2v) is 9.08. The zero-order chi connectivity index (χ0) is 22.0. The minimum Gasteiger partial charge on any atom is -0.378 e. The van der Waals surface area contributed by atoms with Crippen LogP contribution in [0, 0.1) is 16.7 Å². The lowest BCUT2D eigenvalue weighted by atomic mass is 9.92. The molecule has 3 aromatic rings. The lowest BCUT2D eigenvalue weighted by molar-refractivity contribution is -0.136. The Bertz CT molecular complexity index is 1120. The number of benzene rings is 1. The Balaban J connectivity index is 1.91. The van der Waals surface area contributed by atoms with Crippen LogP contribution in [0.15, 0.2) is 42.6 Å². The molecule has 0 radical (unpaired) electrons. The summed E-state index contributed by atoms with van der Waals surface area (Å²) in [6.45, 7) is 9.38. The van der Waals surface area contributed by atoms with Crippen LogP contribution < -0.4 is 0 Å². The first-order chi connectivity index (χ1) is 14.9. The number of hydrogen-bond donors (Lipinski definition) is 0. The first kappa shape index (κ1) is 21.0. The number of aromatic nitrogens is 3. The first-order valence-electron chi connectivity index (χ1n) is 10.5. The van der Waals surface area contributed by atoms with Crippen molar-refractivity contribution in [1.29, 1.82) is 5.26 Å². The van der Waals surface area contributed by atoms with Crippen molar-refractivity contribution in [2.75, 3.05) is 26.3 Å². The van der Waals surface area contributed by atoms with Gasteiger partial charge in [-0.1, -0.05) is 51.1 Å². The van der Waals surface area contributed by atoms with E-state index >= 15 is 0 Å². The van der Waals surface area contributed by atoms with Gasteiger partial charge >= 0.3 is 0 Å². The number of morpholine rings is 1. The molecule has 1 unspecified atom stereocenters. The Morgan fingerprint density at radius 1 is 1.23 bits per heavy atom. The number of nitrogens with zero attached hydrogens (tertiary/aromatic N) is 5. The number of nitriles is 1. The summed E-state index contributed by atoms with van der Waals surface area (Å²) in [5, 5.41) is 10.1. The Hall–Kier alpha value is -3.24. The van der Waals surface area contributed by atoms with E-state index in [1.54, 1.807) is 6.20 Å². The second-order valence-electron chi connectivity index (χ2n) is 9.08. The molecule has 1 aliphatic heterocycles. The Morgan fingerprint density at radius 2 is 1.94 bits per heavy atom. The maximum Gasteiger partial charge on any atom is 0.236 e. The van der Waals surface area contributed by atoms with E-state index in [2.05, 4.69) is 35.3 Å². The Kier molecular flexibility index (Phi) is 5.75. The average molecular weight is 418 g/mol. The molecule has 7 nitrogen and oxygen atoms in total. The summed E-state index contributed by atoms with van der Waals surface area (Å²) in [5.74, 6) is -0.287. The number of fused-ring (bicyclic) bond motifs is 1. The van der Waals surface area contributed by atoms with E-state index in [1.165, 1.54) is 0 Å². The highest BCUT2D eigenvalue weighted by Gasteiger charge is 2.32. The normalized spacial score (nSPS) is 15.6. The number of carbonyl (C=O) groups excluding carboxylic acids is 1. The molecule has 1 fully saturated rings. The molecule has 1 amide bonds. The fraction of sp³-hybridized carbons (Fsp3) is 0.417. The molecule has 0 bridgehead atoms. The van der Waals surface area contributed by atoms with Crippen LogP contribution >= 0.6 is 0 Å². The fourth-order valence-corrected chi connectivity index (χ4v) is 4.04. The van der Waals surface area contributed by atoms with Gasteiger partial charge in [0.05, 0.1) is 13.2 Å². The number of ether oxygens (including phenoxy) is 1. The SMILES string of the molecule is CC(C)(C)Cn1c(C(C(=O)N2CCOCC2)c2ccccc2)cc2cnc(C#N)nc21. The van der Waals surface area contributed by atoms with Gasteiger partial charge in [-0.2, -0.15) is 5.26 Å². The van der Waals surface area contributed by atoms with Gasteiger partial charge in [-0.15, -0.1) is 0 Å². The van der Waals surface area contributed by atoms with Crippen LogP contribution in [0.3, 0.4) is 0 Å². The van der Waals surface area contributed by atoms with Crippen molar-refractivity contribution >= 4 is 16.9 Å². The van der Waals surface area contributed by atoms with Gasteiger partial charge in [0, 0.05) is 36.9 Å². The highest BCUT2D eigenvalue weighted by atomic mass is 16.5. The summed E-state index contributed by atoms with van der Waals surface area (Å²) >= 11 is 0. The van der Waals surface area contributed by atoms with Crippen molar-refractivity contribution in [3.63, 3.8) is 0 Å². The fourth-order valence-electron chi connectivity index (χ4n) is 4.04. The van der Waals surface area contributed by atoms with Gasteiger partial charge in [0.15, 0.2) is 0 Å². The van der Waals surface area contributed by atoms with Crippen LogP contribution in [-0.4, -0.2) is 51.6 Å². The summed E-state index contributed by atoms with van der Waals surface area (Å²) in [7, 11) is 0. The maximum atomic E-state index is 13.8. The third-order valence-corrected chi connectivity index (χ3v) is 5.40. The summed E-state index contributed by atoms with van der Waals surface area (Å²) in [6, 6.07) is 13.9. The third-order valence-electron chi connectivity index (χ3n) is 5.40. The maximum absolute atomic E-state index is 13.8. The lowest BCUT2D eigenvalue weighted by Crippen LogP contribution is -2.43. The van der Waals surface area contributed by atoms with Crippen LogP contribution in [0.1, 0.15) is 43.8 Å². The molecule has 1 aromatic carbocycles. The molecule has 160 valence electrons. The number of amides is 1. The highest BCUT2D eigenvalue weighted by Crippen LogP contribution is 2.33. The van der Waals surface area contributed by atoms with Crippen LogP contribution in [-0.2, 0) is 16.1 Å². The van der Waals surface area contributed by atoms with Crippen molar-refractivity contribution in [3.05, 3.63) is 59.7 Å². The van der Waals surface area contributed by atoms with Gasteiger partial charge in [0.25, 0.3) is 0 Å². The van der Waals surface area contributed by atoms with Crippen LogP contribution in [0.4, 0.5) is 0 Å². The van der Waals surface area contributed by atoms with E-state index in [1.807, 2.05) is 47.4 Å². The molecule has 1 saturated heterocycles. The minimum atomic E-state index is -0.471. The Labute approximate surface area is 182 Å². The van der Waals surface area contributed by atoms with Crippen LogP contribution in [0.2, 0.25) is 0 Å². The quantitative estimate of drug-likeness (QED) is 0.650. The summed E-state index contributed by atoms with van der Waals surface area (Å²) < 4.78 is 7.55. The third kappa shape index (κ3) is 4.44. The Morgan fingerprint density at radius 3 is 2.58 bits per heavy atom. The molecule has 31 heavy (non-hydrogen) atoms. The molecule has 0 saturated carbocycles. The number of carbonyl (C=O) groups is 1. The van der Waals surface area contributed by atoms with Gasteiger partial charge < -0.3 is 14.2 Å². The van der Waals surface area contributed by atoms with Gasteiger partial charge in [-0.25, -0.2) is 9.97 Å². The van der Waals surface area contributed by atoms with E-state index in [0.717, 1.165) is 16.6 Å². The number of hydrogen-bond acceptors (Lipinski definition) is 5. The molecule has 0 N–H and O–H groups in total. The summed E-state index contributed by atoms with van der Waals surface area (Å²) in [6.07, 6.45) is 1.67. The monoisotopic (exact) mass is 417 g/mol. The topological polar surface area (TPSA) is 84.0 Å². The molecule has 2 aromatic heterocycles. The molecule has 0 aliphatic carbocycles. The van der Waals surface area contributed by atoms with Crippen LogP contribution in [0.5, 0.6) is 0 Å². The minimum absolute atomic E-state index is 0.0539. The molecule has 1 aliphatic rings. The number of rotatable bonds is 4. The van der Waals surface area contributed by atoms with E-state index in [9.17, 15) is 10.1 Å². The summed E-state index contributed by atoms with van der Waals surface area (Å²) in [5.41, 5.74) is 2.44. The largest absolute Gasteiger partial charge is 0.378 e. The van der Waals surface area contributed by atoms with Crippen molar-refractivity contribution in [2.45, 2.75) is 33.2 Å². The molecule has 0 spiro atoms. The van der Waals surface area contributed by atoms with Gasteiger partial charge in [0.1, 0.15) is 17.6 Å². The van der Waals surface area contributed by atoms with Gasteiger partial charge in [0.2, 0.25) is 11.7 Å².